The Bertz CT molecular complexity index is 336. The molecule has 1 N–H and O–H groups in total. The summed E-state index contributed by atoms with van der Waals surface area (Å²) in [6.45, 7) is 5.72. The van der Waals surface area contributed by atoms with E-state index in [-0.39, 0.29) is 17.7 Å². The van der Waals surface area contributed by atoms with Gasteiger partial charge in [0.25, 0.3) is 0 Å². The van der Waals surface area contributed by atoms with Gasteiger partial charge in [0, 0.05) is 32.6 Å². The molecule has 2 atom stereocenters. The fraction of sp³-hybridized carbons (Fsp3) is 0.857. The first-order chi connectivity index (χ1) is 9.11. The summed E-state index contributed by atoms with van der Waals surface area (Å²) in [5.41, 5.74) is 0. The standard InChI is InChI=1S/C14H25N3O2/c1-3-17-8-4-5-12(17)10-16(2)14(19)11-6-7-13(18)15-9-11/h11-12H,3-10H2,1-2H3,(H,15,18). The average Bonchev–Trinajstić information content (AvgIpc) is 2.86. The van der Waals surface area contributed by atoms with Crippen molar-refractivity contribution in [3.63, 3.8) is 0 Å². The third-order valence-corrected chi connectivity index (χ3v) is 4.38. The van der Waals surface area contributed by atoms with Crippen LogP contribution >= 0.6 is 0 Å². The average molecular weight is 267 g/mol. The first kappa shape index (κ1) is 14.3. The molecule has 0 radical (unpaired) electrons. The quantitative estimate of drug-likeness (QED) is 0.805. The lowest BCUT2D eigenvalue weighted by Crippen LogP contribution is -2.47. The Hall–Kier alpha value is -1.10. The first-order valence-electron chi connectivity index (χ1n) is 7.37. The van der Waals surface area contributed by atoms with Gasteiger partial charge < -0.3 is 10.2 Å². The van der Waals surface area contributed by atoms with Crippen molar-refractivity contribution in [1.29, 1.82) is 0 Å². The molecule has 0 aromatic heterocycles. The molecule has 0 saturated carbocycles. The summed E-state index contributed by atoms with van der Waals surface area (Å²) in [7, 11) is 1.89. The van der Waals surface area contributed by atoms with Gasteiger partial charge in [-0.3, -0.25) is 14.5 Å². The SMILES string of the molecule is CCN1CCCC1CN(C)C(=O)C1CCC(=O)NC1. The summed E-state index contributed by atoms with van der Waals surface area (Å²) in [6, 6.07) is 0.511. The number of nitrogens with zero attached hydrogens (tertiary/aromatic N) is 2. The molecule has 2 saturated heterocycles. The summed E-state index contributed by atoms with van der Waals surface area (Å²) in [6.07, 6.45) is 3.60. The maximum atomic E-state index is 12.3. The molecule has 108 valence electrons. The lowest BCUT2D eigenvalue weighted by molar-refractivity contribution is -0.136. The van der Waals surface area contributed by atoms with E-state index in [2.05, 4.69) is 17.1 Å². The minimum absolute atomic E-state index is 0.0285. The van der Waals surface area contributed by atoms with Crippen LogP contribution in [0, 0.1) is 5.92 Å². The van der Waals surface area contributed by atoms with Crippen molar-refractivity contribution in [2.24, 2.45) is 5.92 Å². The van der Waals surface area contributed by atoms with Crippen molar-refractivity contribution in [1.82, 2.24) is 15.1 Å². The number of piperidine rings is 1. The Labute approximate surface area is 115 Å². The van der Waals surface area contributed by atoms with E-state index in [0.717, 1.165) is 19.6 Å². The van der Waals surface area contributed by atoms with Gasteiger partial charge in [0.2, 0.25) is 11.8 Å². The van der Waals surface area contributed by atoms with Gasteiger partial charge in [-0.1, -0.05) is 6.92 Å². The van der Waals surface area contributed by atoms with E-state index in [9.17, 15) is 9.59 Å². The largest absolute Gasteiger partial charge is 0.355 e. The lowest BCUT2D eigenvalue weighted by atomic mass is 9.97. The van der Waals surface area contributed by atoms with Crippen LogP contribution in [0.5, 0.6) is 0 Å². The molecule has 2 amide bonds. The van der Waals surface area contributed by atoms with E-state index >= 15 is 0 Å². The third-order valence-electron chi connectivity index (χ3n) is 4.38. The van der Waals surface area contributed by atoms with E-state index in [1.165, 1.54) is 12.8 Å². The Morgan fingerprint density at radius 1 is 1.47 bits per heavy atom. The molecule has 2 unspecified atom stereocenters. The van der Waals surface area contributed by atoms with Crippen LogP contribution in [0.4, 0.5) is 0 Å². The third kappa shape index (κ3) is 3.47. The number of carbonyl (C=O) groups excluding carboxylic acids is 2. The number of carbonyl (C=O) groups is 2. The second-order valence-electron chi connectivity index (χ2n) is 5.68. The first-order valence-corrected chi connectivity index (χ1v) is 7.37. The Morgan fingerprint density at radius 2 is 2.26 bits per heavy atom. The summed E-state index contributed by atoms with van der Waals surface area (Å²) in [5.74, 6) is 0.224. The molecule has 19 heavy (non-hydrogen) atoms. The van der Waals surface area contributed by atoms with Crippen LogP contribution < -0.4 is 5.32 Å². The molecule has 5 heteroatoms. The van der Waals surface area contributed by atoms with Gasteiger partial charge in [-0.15, -0.1) is 0 Å². The van der Waals surface area contributed by atoms with Crippen molar-refractivity contribution in [3.05, 3.63) is 0 Å². The second kappa shape index (κ2) is 6.37. The molecular formula is C14H25N3O2. The summed E-state index contributed by atoms with van der Waals surface area (Å²) in [4.78, 5) is 27.8. The van der Waals surface area contributed by atoms with Gasteiger partial charge in [0.1, 0.15) is 0 Å². The zero-order valence-electron chi connectivity index (χ0n) is 12.0. The molecule has 0 aromatic carbocycles. The highest BCUT2D eigenvalue weighted by atomic mass is 16.2. The van der Waals surface area contributed by atoms with E-state index in [0.29, 0.717) is 25.4 Å². The van der Waals surface area contributed by atoms with Gasteiger partial charge in [0.15, 0.2) is 0 Å². The van der Waals surface area contributed by atoms with Crippen molar-refractivity contribution in [2.45, 2.75) is 38.6 Å². The van der Waals surface area contributed by atoms with Crippen LogP contribution in [-0.2, 0) is 9.59 Å². The number of hydrogen-bond acceptors (Lipinski definition) is 3. The van der Waals surface area contributed by atoms with Crippen LogP contribution in [0.15, 0.2) is 0 Å². The van der Waals surface area contributed by atoms with E-state index < -0.39 is 0 Å². The van der Waals surface area contributed by atoms with E-state index in [4.69, 9.17) is 0 Å². The number of nitrogens with one attached hydrogen (secondary N) is 1. The van der Waals surface area contributed by atoms with Gasteiger partial charge >= 0.3 is 0 Å². The highest BCUT2D eigenvalue weighted by molar-refractivity contribution is 5.83. The summed E-state index contributed by atoms with van der Waals surface area (Å²) in [5, 5.41) is 2.78. The predicted octanol–water partition coefficient (Wildman–Crippen LogP) is 0.455. The number of hydrogen-bond donors (Lipinski definition) is 1. The predicted molar refractivity (Wildman–Crippen MR) is 73.6 cm³/mol. The minimum atomic E-state index is -0.0285. The maximum absolute atomic E-state index is 12.3. The molecular weight excluding hydrogens is 242 g/mol. The highest BCUT2D eigenvalue weighted by Gasteiger charge is 2.30. The molecule has 2 fully saturated rings. The number of likely N-dealkylation sites (N-methyl/N-ethyl adjacent to an activating group) is 2. The Kier molecular flexibility index (Phi) is 4.80. The monoisotopic (exact) mass is 267 g/mol. The molecule has 2 aliphatic heterocycles. The molecule has 2 rings (SSSR count). The lowest BCUT2D eigenvalue weighted by Gasteiger charge is -2.31. The van der Waals surface area contributed by atoms with Crippen molar-refractivity contribution < 1.29 is 9.59 Å². The number of likely N-dealkylation sites (tertiary alicyclic amines) is 1. The smallest absolute Gasteiger partial charge is 0.227 e. The second-order valence-corrected chi connectivity index (χ2v) is 5.68. The molecule has 0 spiro atoms. The maximum Gasteiger partial charge on any atom is 0.227 e. The van der Waals surface area contributed by atoms with Crippen molar-refractivity contribution in [3.8, 4) is 0 Å². The Morgan fingerprint density at radius 3 is 2.89 bits per heavy atom. The van der Waals surface area contributed by atoms with Crippen LogP contribution in [-0.4, -0.2) is 60.9 Å². The molecule has 0 aliphatic carbocycles. The molecule has 2 aliphatic rings. The fourth-order valence-electron chi connectivity index (χ4n) is 3.18. The van der Waals surface area contributed by atoms with Crippen molar-refractivity contribution >= 4 is 11.8 Å². The van der Waals surface area contributed by atoms with Gasteiger partial charge in [0.05, 0.1) is 5.92 Å². The molecule has 0 aromatic rings. The number of amides is 2. The summed E-state index contributed by atoms with van der Waals surface area (Å²) < 4.78 is 0. The fourth-order valence-corrected chi connectivity index (χ4v) is 3.18. The van der Waals surface area contributed by atoms with Crippen LogP contribution in [0.25, 0.3) is 0 Å². The molecule has 0 bridgehead atoms. The zero-order chi connectivity index (χ0) is 13.8. The highest BCUT2D eigenvalue weighted by Crippen LogP contribution is 2.19. The molecule has 2 heterocycles. The van der Waals surface area contributed by atoms with Crippen molar-refractivity contribution in [2.75, 3.05) is 33.2 Å². The van der Waals surface area contributed by atoms with Crippen LogP contribution in [0.2, 0.25) is 0 Å². The molecule has 5 nitrogen and oxygen atoms in total. The van der Waals surface area contributed by atoms with Crippen LogP contribution in [0.3, 0.4) is 0 Å². The van der Waals surface area contributed by atoms with Gasteiger partial charge in [-0.25, -0.2) is 0 Å². The topological polar surface area (TPSA) is 52.7 Å². The van der Waals surface area contributed by atoms with E-state index in [1.807, 2.05) is 11.9 Å². The van der Waals surface area contributed by atoms with Crippen LogP contribution in [0.1, 0.15) is 32.6 Å². The summed E-state index contributed by atoms with van der Waals surface area (Å²) >= 11 is 0. The van der Waals surface area contributed by atoms with E-state index in [1.54, 1.807) is 0 Å². The zero-order valence-corrected chi connectivity index (χ0v) is 12.0. The van der Waals surface area contributed by atoms with Gasteiger partial charge in [-0.05, 0) is 32.4 Å². The normalized spacial score (nSPS) is 28.2. The van der Waals surface area contributed by atoms with Gasteiger partial charge in [-0.2, -0.15) is 0 Å². The minimum Gasteiger partial charge on any atom is -0.355 e. The Balaban J connectivity index is 1.83. The number of rotatable bonds is 4.